The summed E-state index contributed by atoms with van der Waals surface area (Å²) in [4.78, 5) is 19.7. The van der Waals surface area contributed by atoms with Crippen molar-refractivity contribution in [3.63, 3.8) is 0 Å². The SMILES string of the molecule is Cc1ccccc1N1C[C@@H](c2nc3ccccc3n2C[C@H](O)COc2ccccc2)CC1=O. The number of imidazole rings is 1. The highest BCUT2D eigenvalue weighted by Crippen LogP contribution is 2.34. The molecule has 0 saturated carbocycles. The van der Waals surface area contributed by atoms with Crippen LogP contribution in [0.15, 0.2) is 78.9 Å². The van der Waals surface area contributed by atoms with Crippen molar-refractivity contribution in [1.82, 2.24) is 9.55 Å². The molecule has 0 spiro atoms. The van der Waals surface area contributed by atoms with Crippen LogP contribution in [-0.2, 0) is 11.3 Å². The number of aromatic nitrogens is 2. The van der Waals surface area contributed by atoms with Crippen LogP contribution in [0.5, 0.6) is 5.75 Å². The summed E-state index contributed by atoms with van der Waals surface area (Å²) in [5.74, 6) is 1.61. The van der Waals surface area contributed by atoms with Crippen molar-refractivity contribution in [3.8, 4) is 5.75 Å². The average Bonchev–Trinajstić information content (AvgIpc) is 3.39. The molecule has 2 heterocycles. The molecule has 0 bridgehead atoms. The Morgan fingerprint density at radius 2 is 1.76 bits per heavy atom. The van der Waals surface area contributed by atoms with E-state index >= 15 is 0 Å². The summed E-state index contributed by atoms with van der Waals surface area (Å²) in [6.07, 6.45) is -0.319. The van der Waals surface area contributed by atoms with Gasteiger partial charge in [-0.3, -0.25) is 4.79 Å². The molecule has 0 aliphatic carbocycles. The molecule has 6 nitrogen and oxygen atoms in total. The van der Waals surface area contributed by atoms with Gasteiger partial charge in [-0.1, -0.05) is 48.5 Å². The van der Waals surface area contributed by atoms with Crippen molar-refractivity contribution in [2.75, 3.05) is 18.1 Å². The number of para-hydroxylation sites is 4. The van der Waals surface area contributed by atoms with Gasteiger partial charge in [-0.2, -0.15) is 0 Å². The number of anilines is 1. The number of benzene rings is 3. The molecule has 1 N–H and O–H groups in total. The summed E-state index contributed by atoms with van der Waals surface area (Å²) in [5, 5.41) is 10.8. The minimum absolute atomic E-state index is 0.0493. The van der Waals surface area contributed by atoms with Gasteiger partial charge in [0.2, 0.25) is 5.91 Å². The monoisotopic (exact) mass is 441 g/mol. The predicted octanol–water partition coefficient (Wildman–Crippen LogP) is 4.31. The van der Waals surface area contributed by atoms with Crippen LogP contribution in [0.25, 0.3) is 11.0 Å². The summed E-state index contributed by atoms with van der Waals surface area (Å²) in [6, 6.07) is 25.3. The molecule has 168 valence electrons. The number of amides is 1. The Hall–Kier alpha value is -3.64. The Morgan fingerprint density at radius 1 is 1.03 bits per heavy atom. The molecule has 0 radical (unpaired) electrons. The number of nitrogens with zero attached hydrogens (tertiary/aromatic N) is 3. The average molecular weight is 442 g/mol. The van der Waals surface area contributed by atoms with Crippen LogP contribution in [-0.4, -0.2) is 39.8 Å². The standard InChI is InChI=1S/C27H27N3O3/c1-19-9-5-7-13-24(19)29-16-20(15-26(29)32)27-28-23-12-6-8-14-25(23)30(27)17-21(31)18-33-22-10-3-2-4-11-22/h2-14,20-21,31H,15-18H2,1H3/t20-,21-/m0/s1. The first-order valence-corrected chi connectivity index (χ1v) is 11.3. The molecule has 3 aromatic carbocycles. The number of rotatable bonds is 7. The number of fused-ring (bicyclic) bond motifs is 1. The third-order valence-electron chi connectivity index (χ3n) is 6.16. The Labute approximate surface area is 193 Å². The van der Waals surface area contributed by atoms with E-state index in [9.17, 15) is 9.90 Å². The molecule has 1 fully saturated rings. The lowest BCUT2D eigenvalue weighted by Gasteiger charge is -2.20. The van der Waals surface area contributed by atoms with E-state index in [1.165, 1.54) is 0 Å². The van der Waals surface area contributed by atoms with E-state index in [1.54, 1.807) is 0 Å². The zero-order valence-corrected chi connectivity index (χ0v) is 18.6. The number of ether oxygens (including phenoxy) is 1. The first kappa shape index (κ1) is 21.2. The molecular weight excluding hydrogens is 414 g/mol. The minimum Gasteiger partial charge on any atom is -0.491 e. The molecule has 1 amide bonds. The van der Waals surface area contributed by atoms with Crippen LogP contribution in [0.1, 0.15) is 23.7 Å². The fourth-order valence-electron chi connectivity index (χ4n) is 4.55. The first-order valence-electron chi connectivity index (χ1n) is 11.3. The maximum atomic E-state index is 12.9. The predicted molar refractivity (Wildman–Crippen MR) is 129 cm³/mol. The second-order valence-electron chi connectivity index (χ2n) is 8.54. The van der Waals surface area contributed by atoms with Crippen molar-refractivity contribution >= 4 is 22.6 Å². The summed E-state index contributed by atoms with van der Waals surface area (Å²) in [5.41, 5.74) is 3.84. The largest absolute Gasteiger partial charge is 0.491 e. The molecule has 1 aromatic heterocycles. The van der Waals surface area contributed by atoms with Gasteiger partial charge in [-0.05, 0) is 42.8 Å². The van der Waals surface area contributed by atoms with Crippen LogP contribution in [0.4, 0.5) is 5.69 Å². The van der Waals surface area contributed by atoms with Crippen molar-refractivity contribution in [3.05, 3.63) is 90.3 Å². The highest BCUT2D eigenvalue weighted by atomic mass is 16.5. The van der Waals surface area contributed by atoms with Gasteiger partial charge in [0, 0.05) is 24.6 Å². The van der Waals surface area contributed by atoms with Crippen molar-refractivity contribution < 1.29 is 14.6 Å². The number of hydrogen-bond acceptors (Lipinski definition) is 4. The molecule has 2 atom stereocenters. The number of aliphatic hydroxyl groups excluding tert-OH is 1. The number of aryl methyl sites for hydroxylation is 1. The third kappa shape index (κ3) is 4.34. The molecule has 1 saturated heterocycles. The molecule has 5 rings (SSSR count). The highest BCUT2D eigenvalue weighted by molar-refractivity contribution is 5.97. The molecule has 6 heteroatoms. The summed E-state index contributed by atoms with van der Waals surface area (Å²) < 4.78 is 7.80. The van der Waals surface area contributed by atoms with Gasteiger partial charge >= 0.3 is 0 Å². The lowest BCUT2D eigenvalue weighted by atomic mass is 10.1. The molecular formula is C27H27N3O3. The van der Waals surface area contributed by atoms with Crippen LogP contribution in [0.2, 0.25) is 0 Å². The second kappa shape index (κ2) is 9.08. The summed E-state index contributed by atoms with van der Waals surface area (Å²) >= 11 is 0. The maximum Gasteiger partial charge on any atom is 0.227 e. The van der Waals surface area contributed by atoms with Gasteiger partial charge in [0.25, 0.3) is 0 Å². The second-order valence-corrected chi connectivity index (χ2v) is 8.54. The molecule has 0 unspecified atom stereocenters. The van der Waals surface area contributed by atoms with Crippen LogP contribution >= 0.6 is 0 Å². The zero-order chi connectivity index (χ0) is 22.8. The van der Waals surface area contributed by atoms with Crippen molar-refractivity contribution in [1.29, 1.82) is 0 Å². The van der Waals surface area contributed by atoms with Crippen molar-refractivity contribution in [2.24, 2.45) is 0 Å². The van der Waals surface area contributed by atoms with Gasteiger partial charge in [0.15, 0.2) is 0 Å². The lowest BCUT2D eigenvalue weighted by molar-refractivity contribution is -0.117. The lowest BCUT2D eigenvalue weighted by Crippen LogP contribution is -2.27. The van der Waals surface area contributed by atoms with E-state index in [0.717, 1.165) is 33.9 Å². The number of hydrogen-bond donors (Lipinski definition) is 1. The van der Waals surface area contributed by atoms with Gasteiger partial charge < -0.3 is 19.3 Å². The normalized spacial score (nSPS) is 17.0. The molecule has 1 aliphatic rings. The fraction of sp³-hybridized carbons (Fsp3) is 0.259. The first-order chi connectivity index (χ1) is 16.1. The van der Waals surface area contributed by atoms with Crippen LogP contribution in [0, 0.1) is 6.92 Å². The number of carbonyl (C=O) groups excluding carboxylic acids is 1. The van der Waals surface area contributed by atoms with E-state index in [4.69, 9.17) is 9.72 Å². The summed E-state index contributed by atoms with van der Waals surface area (Å²) in [6.45, 7) is 3.12. The van der Waals surface area contributed by atoms with Gasteiger partial charge in [0.05, 0.1) is 17.6 Å². The molecule has 1 aliphatic heterocycles. The number of aliphatic hydroxyl groups is 1. The van der Waals surface area contributed by atoms with Gasteiger partial charge in [-0.15, -0.1) is 0 Å². The van der Waals surface area contributed by atoms with E-state index in [1.807, 2.05) is 95.3 Å². The number of carbonyl (C=O) groups is 1. The van der Waals surface area contributed by atoms with Crippen LogP contribution < -0.4 is 9.64 Å². The van der Waals surface area contributed by atoms with E-state index in [-0.39, 0.29) is 18.4 Å². The maximum absolute atomic E-state index is 12.9. The quantitative estimate of drug-likeness (QED) is 0.464. The summed E-state index contributed by atoms with van der Waals surface area (Å²) in [7, 11) is 0. The highest BCUT2D eigenvalue weighted by Gasteiger charge is 2.35. The fourth-order valence-corrected chi connectivity index (χ4v) is 4.55. The third-order valence-corrected chi connectivity index (χ3v) is 6.16. The van der Waals surface area contributed by atoms with E-state index < -0.39 is 6.10 Å². The van der Waals surface area contributed by atoms with Crippen LogP contribution in [0.3, 0.4) is 0 Å². The Morgan fingerprint density at radius 3 is 2.58 bits per heavy atom. The minimum atomic E-state index is -0.717. The topological polar surface area (TPSA) is 67.6 Å². The van der Waals surface area contributed by atoms with Gasteiger partial charge in [0.1, 0.15) is 24.3 Å². The van der Waals surface area contributed by atoms with E-state index in [2.05, 4.69) is 0 Å². The van der Waals surface area contributed by atoms with Gasteiger partial charge in [-0.25, -0.2) is 4.98 Å². The Balaban J connectivity index is 1.40. The zero-order valence-electron chi connectivity index (χ0n) is 18.6. The molecule has 33 heavy (non-hydrogen) atoms. The Kier molecular flexibility index (Phi) is 5.84. The Bertz CT molecular complexity index is 1270. The smallest absolute Gasteiger partial charge is 0.227 e. The van der Waals surface area contributed by atoms with E-state index in [0.29, 0.717) is 19.5 Å². The molecule has 4 aromatic rings. The van der Waals surface area contributed by atoms with Crippen molar-refractivity contribution in [2.45, 2.75) is 31.9 Å².